The topological polar surface area (TPSA) is 57.7 Å². The summed E-state index contributed by atoms with van der Waals surface area (Å²) in [4.78, 5) is 4.24. The molecule has 5 nitrogen and oxygen atoms in total. The Kier molecular flexibility index (Phi) is 12.0. The van der Waals surface area contributed by atoms with Crippen molar-refractivity contribution in [1.29, 1.82) is 0 Å². The predicted octanol–water partition coefficient (Wildman–Crippen LogP) is 2.94. The van der Waals surface area contributed by atoms with Crippen LogP contribution in [0.5, 0.6) is 0 Å². The summed E-state index contributed by atoms with van der Waals surface area (Å²) in [5.41, 5.74) is 1.23. The molecule has 3 N–H and O–H groups in total. The number of hydrogen-bond acceptors (Lipinski definition) is 3. The molecule has 24 heavy (non-hydrogen) atoms. The molecule has 1 aromatic carbocycles. The van der Waals surface area contributed by atoms with Gasteiger partial charge in [0.15, 0.2) is 5.96 Å². The van der Waals surface area contributed by atoms with Crippen LogP contribution < -0.4 is 16.0 Å². The standard InChI is InChI=1S/C18H32N4O.HI/c1-6-23-13-12-20-17(19-5)21-14-18(3,4)22-15(2)16-10-8-7-9-11-16;/h7-11,15,22H,6,12-14H2,1-5H3,(H2,19,20,21);1H. The summed E-state index contributed by atoms with van der Waals surface area (Å²) in [5.74, 6) is 0.798. The summed E-state index contributed by atoms with van der Waals surface area (Å²) >= 11 is 0. The van der Waals surface area contributed by atoms with Gasteiger partial charge in [0.25, 0.3) is 0 Å². The molecule has 0 fully saturated rings. The highest BCUT2D eigenvalue weighted by Crippen LogP contribution is 2.15. The third-order valence-electron chi connectivity index (χ3n) is 3.57. The molecule has 0 amide bonds. The molecule has 0 aromatic heterocycles. The Labute approximate surface area is 164 Å². The summed E-state index contributed by atoms with van der Waals surface area (Å²) in [7, 11) is 1.78. The molecule has 0 aliphatic heterocycles. The number of benzene rings is 1. The smallest absolute Gasteiger partial charge is 0.191 e. The minimum absolute atomic E-state index is 0. The average molecular weight is 448 g/mol. The molecule has 1 rings (SSSR count). The summed E-state index contributed by atoms with van der Waals surface area (Å²) in [6, 6.07) is 10.8. The van der Waals surface area contributed by atoms with E-state index < -0.39 is 0 Å². The number of hydrogen-bond donors (Lipinski definition) is 3. The lowest BCUT2D eigenvalue weighted by Crippen LogP contribution is -2.52. The summed E-state index contributed by atoms with van der Waals surface area (Å²) in [5, 5.41) is 10.3. The molecule has 0 aliphatic rings. The first-order valence-corrected chi connectivity index (χ1v) is 8.33. The maximum Gasteiger partial charge on any atom is 0.191 e. The van der Waals surface area contributed by atoms with Gasteiger partial charge in [0.2, 0.25) is 0 Å². The molecule has 6 heteroatoms. The highest BCUT2D eigenvalue weighted by atomic mass is 127. The van der Waals surface area contributed by atoms with E-state index in [9.17, 15) is 0 Å². The van der Waals surface area contributed by atoms with E-state index in [0.29, 0.717) is 12.6 Å². The fourth-order valence-corrected chi connectivity index (χ4v) is 2.37. The zero-order valence-electron chi connectivity index (χ0n) is 15.6. The maximum absolute atomic E-state index is 5.32. The van der Waals surface area contributed by atoms with E-state index in [2.05, 4.69) is 66.0 Å². The lowest BCUT2D eigenvalue weighted by atomic mass is 10.0. The number of nitrogens with one attached hydrogen (secondary N) is 3. The summed E-state index contributed by atoms with van der Waals surface area (Å²) in [6.45, 7) is 11.5. The number of rotatable bonds is 9. The molecule has 0 spiro atoms. The van der Waals surface area contributed by atoms with Crippen molar-refractivity contribution in [3.05, 3.63) is 35.9 Å². The highest BCUT2D eigenvalue weighted by Gasteiger charge is 2.21. The Morgan fingerprint density at radius 1 is 1.21 bits per heavy atom. The van der Waals surface area contributed by atoms with Crippen LogP contribution in [-0.4, -0.2) is 44.8 Å². The average Bonchev–Trinajstić information content (AvgIpc) is 2.54. The Morgan fingerprint density at radius 3 is 2.46 bits per heavy atom. The zero-order chi connectivity index (χ0) is 17.1. The molecule has 1 atom stereocenters. The second kappa shape index (κ2) is 12.5. The highest BCUT2D eigenvalue weighted by molar-refractivity contribution is 14.0. The number of guanidine groups is 1. The van der Waals surface area contributed by atoms with Crippen LogP contribution in [0, 0.1) is 0 Å². The van der Waals surface area contributed by atoms with Gasteiger partial charge in [0.05, 0.1) is 6.61 Å². The molecule has 1 aromatic rings. The van der Waals surface area contributed by atoms with Crippen molar-refractivity contribution in [3.63, 3.8) is 0 Å². The number of halogens is 1. The fraction of sp³-hybridized carbons (Fsp3) is 0.611. The minimum Gasteiger partial charge on any atom is -0.380 e. The molecule has 0 saturated heterocycles. The molecule has 0 radical (unpaired) electrons. The van der Waals surface area contributed by atoms with Crippen molar-refractivity contribution in [1.82, 2.24) is 16.0 Å². The first-order chi connectivity index (χ1) is 11.0. The number of aliphatic imine (C=N–C) groups is 1. The molecule has 0 aliphatic carbocycles. The van der Waals surface area contributed by atoms with Crippen LogP contribution in [0.3, 0.4) is 0 Å². The van der Waals surface area contributed by atoms with E-state index in [1.54, 1.807) is 7.05 Å². The third-order valence-corrected chi connectivity index (χ3v) is 3.57. The molecular weight excluding hydrogens is 415 g/mol. The molecule has 0 heterocycles. The largest absolute Gasteiger partial charge is 0.380 e. The van der Waals surface area contributed by atoms with Gasteiger partial charge < -0.3 is 20.7 Å². The summed E-state index contributed by atoms with van der Waals surface area (Å²) < 4.78 is 5.32. The van der Waals surface area contributed by atoms with Crippen molar-refractivity contribution >= 4 is 29.9 Å². The van der Waals surface area contributed by atoms with Gasteiger partial charge in [0.1, 0.15) is 0 Å². The number of ether oxygens (including phenoxy) is 1. The maximum atomic E-state index is 5.32. The van der Waals surface area contributed by atoms with Gasteiger partial charge in [-0.25, -0.2) is 0 Å². The van der Waals surface area contributed by atoms with Crippen molar-refractivity contribution in [2.24, 2.45) is 4.99 Å². The minimum atomic E-state index is -0.0627. The Bertz CT molecular complexity index is 465. The fourth-order valence-electron chi connectivity index (χ4n) is 2.37. The SMILES string of the molecule is CCOCCNC(=NC)NCC(C)(C)NC(C)c1ccccc1.I. The second-order valence-electron chi connectivity index (χ2n) is 6.21. The van der Waals surface area contributed by atoms with Gasteiger partial charge in [-0.05, 0) is 33.3 Å². The van der Waals surface area contributed by atoms with E-state index in [1.807, 2.05) is 13.0 Å². The molecular formula is C18H33IN4O. The van der Waals surface area contributed by atoms with Crippen molar-refractivity contribution in [2.45, 2.75) is 39.3 Å². The van der Waals surface area contributed by atoms with E-state index in [4.69, 9.17) is 4.74 Å². The van der Waals surface area contributed by atoms with E-state index in [-0.39, 0.29) is 29.5 Å². The zero-order valence-corrected chi connectivity index (χ0v) is 17.9. The second-order valence-corrected chi connectivity index (χ2v) is 6.21. The first kappa shape index (κ1) is 23.1. The summed E-state index contributed by atoms with van der Waals surface area (Å²) in [6.07, 6.45) is 0. The van der Waals surface area contributed by atoms with E-state index in [1.165, 1.54) is 5.56 Å². The monoisotopic (exact) mass is 448 g/mol. The Hall–Kier alpha value is -0.860. The van der Waals surface area contributed by atoms with Crippen LogP contribution in [0.4, 0.5) is 0 Å². The molecule has 0 bridgehead atoms. The van der Waals surface area contributed by atoms with Gasteiger partial charge in [0, 0.05) is 38.3 Å². The normalized spacial score (nSPS) is 13.1. The van der Waals surface area contributed by atoms with Crippen LogP contribution in [-0.2, 0) is 4.74 Å². The van der Waals surface area contributed by atoms with Crippen LogP contribution in [0.1, 0.15) is 39.3 Å². The first-order valence-electron chi connectivity index (χ1n) is 8.33. The van der Waals surface area contributed by atoms with Gasteiger partial charge >= 0.3 is 0 Å². The van der Waals surface area contributed by atoms with E-state index in [0.717, 1.165) is 25.7 Å². The lowest BCUT2D eigenvalue weighted by Gasteiger charge is -2.31. The van der Waals surface area contributed by atoms with Crippen molar-refractivity contribution in [3.8, 4) is 0 Å². The van der Waals surface area contributed by atoms with Crippen LogP contribution in [0.2, 0.25) is 0 Å². The third kappa shape index (κ3) is 9.44. The van der Waals surface area contributed by atoms with Gasteiger partial charge in [-0.15, -0.1) is 24.0 Å². The molecule has 1 unspecified atom stereocenters. The van der Waals surface area contributed by atoms with Gasteiger partial charge in [-0.3, -0.25) is 4.99 Å². The van der Waals surface area contributed by atoms with E-state index >= 15 is 0 Å². The van der Waals surface area contributed by atoms with Crippen molar-refractivity contribution < 1.29 is 4.74 Å². The lowest BCUT2D eigenvalue weighted by molar-refractivity contribution is 0.152. The van der Waals surface area contributed by atoms with Crippen molar-refractivity contribution in [2.75, 3.05) is 33.4 Å². The molecule has 0 saturated carbocycles. The quantitative estimate of drug-likeness (QED) is 0.235. The van der Waals surface area contributed by atoms with Gasteiger partial charge in [-0.1, -0.05) is 30.3 Å². The van der Waals surface area contributed by atoms with Gasteiger partial charge in [-0.2, -0.15) is 0 Å². The number of nitrogens with zero attached hydrogens (tertiary/aromatic N) is 1. The van der Waals surface area contributed by atoms with Crippen LogP contribution >= 0.6 is 24.0 Å². The van der Waals surface area contributed by atoms with Crippen LogP contribution in [0.15, 0.2) is 35.3 Å². The van der Waals surface area contributed by atoms with Crippen LogP contribution in [0.25, 0.3) is 0 Å². The Balaban J connectivity index is 0.00000529. The Morgan fingerprint density at radius 2 is 1.88 bits per heavy atom. The predicted molar refractivity (Wildman–Crippen MR) is 113 cm³/mol. The molecule has 138 valence electrons.